The van der Waals surface area contributed by atoms with Crippen LogP contribution in [0.25, 0.3) is 0 Å². The molecule has 0 radical (unpaired) electrons. The topological polar surface area (TPSA) is 44.8 Å². The largest absolute Gasteiger partial charge is 0.475 e. The molecule has 0 aromatic heterocycles. The van der Waals surface area contributed by atoms with Crippen molar-refractivity contribution in [2.24, 2.45) is 0 Å². The predicted molar refractivity (Wildman–Crippen MR) is 53.6 cm³/mol. The summed E-state index contributed by atoms with van der Waals surface area (Å²) in [5.74, 6) is 0. The Morgan fingerprint density at radius 1 is 1.75 bits per heavy atom. The molecule has 1 heterocycles. The molecule has 1 aliphatic rings. The molecule has 0 aromatic carbocycles. The first-order chi connectivity index (χ1) is 5.70. The fraction of sp³-hybridized carbons (Fsp3) is 1.00. The second kappa shape index (κ2) is 4.91. The Hall–Kier alpha value is 0.840. The fourth-order valence-corrected chi connectivity index (χ4v) is 3.18. The quantitative estimate of drug-likeness (QED) is 0.456. The Morgan fingerprint density at radius 2 is 2.50 bits per heavy atom. The number of halogens is 1. The Labute approximate surface area is 85.7 Å². The number of hydrogen-bond acceptors (Lipinski definition) is 4. The fourth-order valence-electron chi connectivity index (χ4n) is 0.893. The molecule has 1 saturated heterocycles. The molecule has 1 aliphatic heterocycles. The number of phosphoric ester groups is 1. The van der Waals surface area contributed by atoms with Crippen molar-refractivity contribution in [3.63, 3.8) is 0 Å². The summed E-state index contributed by atoms with van der Waals surface area (Å²) >= 11 is 2.19. The van der Waals surface area contributed by atoms with Gasteiger partial charge in [-0.15, -0.1) is 0 Å². The molecule has 2 unspecified atom stereocenters. The van der Waals surface area contributed by atoms with Crippen LogP contribution in [-0.2, 0) is 18.1 Å². The highest BCUT2D eigenvalue weighted by Crippen LogP contribution is 2.53. The zero-order chi connectivity index (χ0) is 9.03. The van der Waals surface area contributed by atoms with Gasteiger partial charge >= 0.3 is 7.82 Å². The maximum atomic E-state index is 11.5. The lowest BCUT2D eigenvalue weighted by Crippen LogP contribution is -2.22. The summed E-state index contributed by atoms with van der Waals surface area (Å²) in [5, 5.41) is 0. The van der Waals surface area contributed by atoms with E-state index in [0.717, 1.165) is 10.8 Å². The molecule has 6 heteroatoms. The van der Waals surface area contributed by atoms with E-state index in [1.807, 2.05) is 0 Å². The molecule has 0 aromatic rings. The van der Waals surface area contributed by atoms with Gasteiger partial charge in [-0.05, 0) is 13.3 Å². The maximum absolute atomic E-state index is 11.5. The van der Waals surface area contributed by atoms with Crippen LogP contribution in [0, 0.1) is 0 Å². The molecule has 0 aliphatic carbocycles. The van der Waals surface area contributed by atoms with E-state index in [1.54, 1.807) is 6.92 Å². The first-order valence-electron chi connectivity index (χ1n) is 3.83. The minimum Gasteiger partial charge on any atom is -0.287 e. The zero-order valence-electron chi connectivity index (χ0n) is 6.86. The van der Waals surface area contributed by atoms with Gasteiger partial charge in [-0.3, -0.25) is 13.6 Å². The molecule has 72 valence electrons. The Morgan fingerprint density at radius 3 is 3.08 bits per heavy atom. The van der Waals surface area contributed by atoms with Crippen molar-refractivity contribution in [1.29, 1.82) is 0 Å². The number of hydrogen-bond donors (Lipinski definition) is 0. The zero-order valence-corrected chi connectivity index (χ0v) is 9.92. The highest BCUT2D eigenvalue weighted by atomic mass is 127. The van der Waals surface area contributed by atoms with E-state index in [4.69, 9.17) is 13.6 Å². The van der Waals surface area contributed by atoms with Gasteiger partial charge in [-0.1, -0.05) is 22.6 Å². The first-order valence-corrected chi connectivity index (χ1v) is 6.82. The van der Waals surface area contributed by atoms with Gasteiger partial charge in [0.2, 0.25) is 0 Å². The predicted octanol–water partition coefficient (Wildman–Crippen LogP) is 2.37. The summed E-state index contributed by atoms with van der Waals surface area (Å²) in [6.07, 6.45) is 0.803. The van der Waals surface area contributed by atoms with Crippen molar-refractivity contribution < 1.29 is 18.1 Å². The second-order valence-corrected chi connectivity index (χ2v) is 4.87. The number of alkyl halides is 1. The summed E-state index contributed by atoms with van der Waals surface area (Å²) in [5.41, 5.74) is 0. The molecule has 0 spiro atoms. The first kappa shape index (κ1) is 10.9. The third kappa shape index (κ3) is 2.96. The summed E-state index contributed by atoms with van der Waals surface area (Å²) in [4.78, 5) is 0. The maximum Gasteiger partial charge on any atom is 0.475 e. The van der Waals surface area contributed by atoms with Crippen LogP contribution in [0.15, 0.2) is 0 Å². The van der Waals surface area contributed by atoms with Crippen LogP contribution in [0.3, 0.4) is 0 Å². The van der Waals surface area contributed by atoms with Gasteiger partial charge in [-0.25, -0.2) is 4.57 Å². The summed E-state index contributed by atoms with van der Waals surface area (Å²) in [7, 11) is -3.19. The van der Waals surface area contributed by atoms with Crippen LogP contribution in [0.2, 0.25) is 0 Å². The number of rotatable bonds is 3. The summed E-state index contributed by atoms with van der Waals surface area (Å²) < 4.78 is 27.4. The smallest absolute Gasteiger partial charge is 0.287 e. The number of phosphoric acid groups is 1. The van der Waals surface area contributed by atoms with Crippen molar-refractivity contribution in [1.82, 2.24) is 0 Å². The van der Waals surface area contributed by atoms with Crippen molar-refractivity contribution in [3.05, 3.63) is 0 Å². The molecule has 1 rings (SSSR count). The lowest BCUT2D eigenvalue weighted by Gasteiger charge is -2.27. The van der Waals surface area contributed by atoms with E-state index >= 15 is 0 Å². The highest BCUT2D eigenvalue weighted by Gasteiger charge is 2.34. The lowest BCUT2D eigenvalue weighted by molar-refractivity contribution is 0.0422. The molecule has 4 nitrogen and oxygen atoms in total. The Bertz CT molecular complexity index is 180. The van der Waals surface area contributed by atoms with E-state index in [-0.39, 0.29) is 6.10 Å². The van der Waals surface area contributed by atoms with Crippen molar-refractivity contribution in [2.45, 2.75) is 19.4 Å². The molecule has 1 fully saturated rings. The molecule has 0 saturated carbocycles. The SMILES string of the molecule is CCOP1(=O)OCCC(CI)O1. The third-order valence-electron chi connectivity index (χ3n) is 1.43. The van der Waals surface area contributed by atoms with Crippen molar-refractivity contribution >= 4 is 30.4 Å². The monoisotopic (exact) mass is 306 g/mol. The van der Waals surface area contributed by atoms with E-state index in [9.17, 15) is 4.57 Å². The summed E-state index contributed by atoms with van der Waals surface area (Å²) in [6.45, 7) is 2.58. The van der Waals surface area contributed by atoms with Gasteiger partial charge in [0.05, 0.1) is 19.3 Å². The molecule has 0 bridgehead atoms. The minimum atomic E-state index is -3.19. The van der Waals surface area contributed by atoms with Gasteiger partial charge < -0.3 is 0 Å². The van der Waals surface area contributed by atoms with E-state index in [1.165, 1.54) is 0 Å². The third-order valence-corrected chi connectivity index (χ3v) is 4.04. The second-order valence-electron chi connectivity index (χ2n) is 2.37. The standard InChI is InChI=1S/C6H12IO4P/c1-2-9-12(8)10-4-3-6(5-7)11-12/h6H,2-5H2,1H3. The summed E-state index contributed by atoms with van der Waals surface area (Å²) in [6, 6.07) is 0. The van der Waals surface area contributed by atoms with Crippen molar-refractivity contribution in [3.8, 4) is 0 Å². The van der Waals surface area contributed by atoms with E-state index in [2.05, 4.69) is 22.6 Å². The van der Waals surface area contributed by atoms with Gasteiger partial charge in [-0.2, -0.15) is 0 Å². The Kier molecular flexibility index (Phi) is 4.46. The molecular weight excluding hydrogens is 294 g/mol. The van der Waals surface area contributed by atoms with Crippen molar-refractivity contribution in [2.75, 3.05) is 17.6 Å². The highest BCUT2D eigenvalue weighted by molar-refractivity contribution is 14.1. The lowest BCUT2D eigenvalue weighted by atomic mass is 10.3. The van der Waals surface area contributed by atoms with Gasteiger partial charge in [0.15, 0.2) is 0 Å². The van der Waals surface area contributed by atoms with Crippen LogP contribution in [0.5, 0.6) is 0 Å². The molecule has 12 heavy (non-hydrogen) atoms. The van der Waals surface area contributed by atoms with Gasteiger partial charge in [0, 0.05) is 4.43 Å². The molecular formula is C6H12IO4P. The van der Waals surface area contributed by atoms with Crippen LogP contribution in [-0.4, -0.2) is 23.7 Å². The Balaban J connectivity index is 2.49. The van der Waals surface area contributed by atoms with Gasteiger partial charge in [0.25, 0.3) is 0 Å². The minimum absolute atomic E-state index is 0.0109. The normalized spacial score (nSPS) is 36.7. The van der Waals surface area contributed by atoms with Crippen LogP contribution >= 0.6 is 30.4 Å². The molecule has 0 N–H and O–H groups in total. The van der Waals surface area contributed by atoms with Crippen LogP contribution < -0.4 is 0 Å². The van der Waals surface area contributed by atoms with Crippen LogP contribution in [0.1, 0.15) is 13.3 Å². The average molecular weight is 306 g/mol. The van der Waals surface area contributed by atoms with E-state index in [0.29, 0.717) is 13.2 Å². The van der Waals surface area contributed by atoms with Crippen LogP contribution in [0.4, 0.5) is 0 Å². The van der Waals surface area contributed by atoms with E-state index < -0.39 is 7.82 Å². The molecule has 0 amide bonds. The molecule has 2 atom stereocenters. The average Bonchev–Trinajstić information content (AvgIpc) is 2.04. The van der Waals surface area contributed by atoms with Gasteiger partial charge in [0.1, 0.15) is 0 Å².